The van der Waals surface area contributed by atoms with E-state index in [0.717, 1.165) is 70.2 Å². The molecule has 0 aromatic heterocycles. The Morgan fingerprint density at radius 3 is 1.37 bits per heavy atom. The second-order valence-electron chi connectivity index (χ2n) is 15.1. The zero-order chi connectivity index (χ0) is 37.2. The van der Waals surface area contributed by atoms with E-state index in [2.05, 4.69) is 149 Å². The van der Waals surface area contributed by atoms with Crippen LogP contribution in [0.25, 0.3) is 34.4 Å². The summed E-state index contributed by atoms with van der Waals surface area (Å²) in [5.41, 5.74) is 14.0. The molecule has 52 heavy (non-hydrogen) atoms. The third-order valence-corrected chi connectivity index (χ3v) is 39.7. The van der Waals surface area contributed by atoms with Crippen LogP contribution in [0.1, 0.15) is 95.1 Å². The van der Waals surface area contributed by atoms with Crippen molar-refractivity contribution < 1.29 is 25.5 Å². The molecule has 0 bridgehead atoms. The van der Waals surface area contributed by atoms with Gasteiger partial charge in [0.1, 0.15) is 0 Å². The van der Waals surface area contributed by atoms with Gasteiger partial charge in [-0.05, 0) is 0 Å². The molecule has 4 aromatic carbocycles. The average Bonchev–Trinajstić information content (AvgIpc) is 3.74. The van der Waals surface area contributed by atoms with Crippen LogP contribution < -0.4 is 10.5 Å². The van der Waals surface area contributed by atoms with Gasteiger partial charge in [0.05, 0.1) is 0 Å². The van der Waals surface area contributed by atoms with E-state index in [1.54, 1.807) is 0 Å². The molecule has 2 unspecified atom stereocenters. The molecule has 2 atom stereocenters. The van der Waals surface area contributed by atoms with Gasteiger partial charge in [-0.2, -0.15) is 0 Å². The summed E-state index contributed by atoms with van der Waals surface area (Å²) in [6.45, 7) is 13.2. The number of hydrogen-bond donors (Lipinski definition) is 2. The van der Waals surface area contributed by atoms with Gasteiger partial charge >= 0.3 is 321 Å². The van der Waals surface area contributed by atoms with Crippen LogP contribution in [0.15, 0.2) is 96.1 Å². The Hall–Kier alpha value is -3.18. The number of fused-ring (bicyclic) bond motifs is 2. The molecule has 2 aliphatic rings. The molecular formula is C44H50BCl2HfN2O2. The van der Waals surface area contributed by atoms with Crippen LogP contribution in [0.3, 0.4) is 0 Å². The minimum absolute atomic E-state index is 0.0943. The van der Waals surface area contributed by atoms with Crippen molar-refractivity contribution in [1.29, 1.82) is 0 Å². The molecule has 0 radical (unpaired) electrons. The first-order valence-corrected chi connectivity index (χ1v) is 34.0. The standard InChI is InChI=1S/2C21H23.C2H3BN2O2.2ClH.Hf/c2*1-4-8-16-9-5-6-11-19(16)20-12-7-10-17-13-18(15(2)3)14-21(17)20;6-1-4-3-5-2-7;;;/h2*5-7,9-15H,4,8H2,1-3H3;1-2H,(H-,4,5,6,7);2*1H;/q;;;;;+1/p-1. The summed E-state index contributed by atoms with van der Waals surface area (Å²) >= 11 is -6.06. The SMILES string of the molecule is CCCc1ccccc1-c1cccc2c1C=C(C(C)C)[CH]2[Hf]([Cl])([Cl])([B](NC=O)NC=O)[CH]1C(C(C)C)=Cc2c(-c3ccccc3CCC)cccc21. The first-order valence-electron chi connectivity index (χ1n) is 18.8. The molecule has 4 nitrogen and oxygen atoms in total. The number of benzene rings is 4. The third kappa shape index (κ3) is 6.51. The van der Waals surface area contributed by atoms with Crippen molar-refractivity contribution in [2.24, 2.45) is 11.8 Å². The number of aryl methyl sites for hydroxylation is 2. The summed E-state index contributed by atoms with van der Waals surface area (Å²) in [7, 11) is 17.4. The number of nitrogens with one attached hydrogen (secondary N) is 2. The predicted octanol–water partition coefficient (Wildman–Crippen LogP) is 11.3. The quantitative estimate of drug-likeness (QED) is 0.0923. The number of carbonyl (C=O) groups excluding carboxylic acids is 2. The predicted molar refractivity (Wildman–Crippen MR) is 219 cm³/mol. The molecule has 2 amide bonds. The molecule has 0 aliphatic heterocycles. The summed E-state index contributed by atoms with van der Waals surface area (Å²) in [5.74, 6) is 0.189. The fourth-order valence-electron chi connectivity index (χ4n) is 9.10. The number of allylic oxidation sites excluding steroid dienone is 2. The summed E-state index contributed by atoms with van der Waals surface area (Å²) < 4.78 is -1.74. The van der Waals surface area contributed by atoms with Gasteiger partial charge in [-0.25, -0.2) is 0 Å². The molecule has 4 aromatic rings. The maximum atomic E-state index is 12.5. The van der Waals surface area contributed by atoms with E-state index in [0.29, 0.717) is 12.8 Å². The zero-order valence-corrected chi connectivity index (χ0v) is 36.3. The van der Waals surface area contributed by atoms with Crippen molar-refractivity contribution in [2.75, 3.05) is 0 Å². The topological polar surface area (TPSA) is 58.2 Å². The first-order chi connectivity index (χ1) is 25.0. The van der Waals surface area contributed by atoms with Gasteiger partial charge in [-0.1, -0.05) is 0 Å². The summed E-state index contributed by atoms with van der Waals surface area (Å²) in [4.78, 5) is 25.1. The third-order valence-electron chi connectivity index (χ3n) is 11.3. The van der Waals surface area contributed by atoms with Gasteiger partial charge in [-0.15, -0.1) is 0 Å². The molecule has 2 N–H and O–H groups in total. The molecule has 269 valence electrons. The second-order valence-corrected chi connectivity index (χ2v) is 45.6. The van der Waals surface area contributed by atoms with Crippen molar-refractivity contribution in [3.63, 3.8) is 0 Å². The average molecular weight is 899 g/mol. The van der Waals surface area contributed by atoms with Crippen LogP contribution in [0.5, 0.6) is 0 Å². The number of carbonyl (C=O) groups is 2. The van der Waals surface area contributed by atoms with E-state index in [9.17, 15) is 9.59 Å². The monoisotopic (exact) mass is 899 g/mol. The van der Waals surface area contributed by atoms with Crippen molar-refractivity contribution in [2.45, 2.75) is 74.6 Å². The van der Waals surface area contributed by atoms with Crippen molar-refractivity contribution >= 4 is 46.7 Å². The van der Waals surface area contributed by atoms with Crippen LogP contribution in [-0.2, 0) is 38.3 Å². The van der Waals surface area contributed by atoms with Crippen molar-refractivity contribution in [1.82, 2.24) is 10.5 Å². The molecule has 0 spiro atoms. The fourth-order valence-corrected chi connectivity index (χ4v) is 39.1. The molecular weight excluding hydrogens is 849 g/mol. The Morgan fingerprint density at radius 1 is 0.615 bits per heavy atom. The van der Waals surface area contributed by atoms with Gasteiger partial charge in [-0.3, -0.25) is 0 Å². The summed E-state index contributed by atoms with van der Waals surface area (Å²) in [5, 5.41) is 6.00. The van der Waals surface area contributed by atoms with Crippen LogP contribution >= 0.6 is 17.2 Å². The van der Waals surface area contributed by atoms with E-state index in [1.807, 2.05) is 0 Å². The summed E-state index contributed by atoms with van der Waals surface area (Å²) in [6, 6.07) is 30.3. The molecule has 2 aliphatic carbocycles. The number of amides is 2. The van der Waals surface area contributed by atoms with Gasteiger partial charge in [0.2, 0.25) is 0 Å². The van der Waals surface area contributed by atoms with Crippen LogP contribution in [0.2, 0.25) is 0 Å². The minimum atomic E-state index is -6.06. The molecule has 0 saturated heterocycles. The fraction of sp³-hybridized carbons (Fsp3) is 0.318. The molecule has 6 rings (SSSR count). The Labute approximate surface area is 318 Å². The van der Waals surface area contributed by atoms with Gasteiger partial charge in [0.25, 0.3) is 0 Å². The van der Waals surface area contributed by atoms with E-state index in [-0.39, 0.29) is 11.8 Å². The summed E-state index contributed by atoms with van der Waals surface area (Å²) in [6.07, 6.45) is 9.93. The van der Waals surface area contributed by atoms with Crippen LogP contribution in [0.4, 0.5) is 0 Å². The van der Waals surface area contributed by atoms with E-state index in [4.69, 9.17) is 17.2 Å². The Balaban J connectivity index is 1.68. The Bertz CT molecular complexity index is 1910. The maximum absolute atomic E-state index is 12.5. The second kappa shape index (κ2) is 15.7. The first kappa shape index (κ1) is 38.5. The van der Waals surface area contributed by atoms with Gasteiger partial charge in [0, 0.05) is 0 Å². The normalized spacial score (nSPS) is 17.2. The molecule has 0 heterocycles. The van der Waals surface area contributed by atoms with Gasteiger partial charge in [0.15, 0.2) is 0 Å². The van der Waals surface area contributed by atoms with E-state index >= 15 is 0 Å². The van der Waals surface area contributed by atoms with Crippen LogP contribution in [-0.4, -0.2) is 17.4 Å². The van der Waals surface area contributed by atoms with Gasteiger partial charge < -0.3 is 0 Å². The molecule has 0 fully saturated rings. The Kier molecular flexibility index (Phi) is 11.6. The van der Waals surface area contributed by atoms with E-state index in [1.165, 1.54) is 22.3 Å². The number of rotatable bonds is 15. The molecule has 0 saturated carbocycles. The molecule has 8 heteroatoms. The van der Waals surface area contributed by atoms with E-state index < -0.39 is 27.8 Å². The number of hydrogen-bond acceptors (Lipinski definition) is 2. The van der Waals surface area contributed by atoms with Crippen molar-refractivity contribution in [3.05, 3.63) is 129 Å². The Morgan fingerprint density at radius 2 is 1.00 bits per heavy atom. The van der Waals surface area contributed by atoms with Crippen LogP contribution in [0, 0.1) is 11.8 Å². The van der Waals surface area contributed by atoms with Crippen molar-refractivity contribution in [3.8, 4) is 22.3 Å². The zero-order valence-electron chi connectivity index (χ0n) is 31.2. The number of halogens is 2.